The molecule has 0 amide bonds. The van der Waals surface area contributed by atoms with Crippen molar-refractivity contribution < 1.29 is 0 Å². The van der Waals surface area contributed by atoms with Crippen molar-refractivity contribution in [1.29, 1.82) is 0 Å². The molecule has 0 unspecified atom stereocenters. The fourth-order valence-electron chi connectivity index (χ4n) is 6.93. The Morgan fingerprint density at radius 1 is 0.568 bits per heavy atom. The van der Waals surface area contributed by atoms with E-state index in [1.54, 1.807) is 11.1 Å². The molecule has 2 heteroatoms. The third kappa shape index (κ3) is 3.94. The van der Waals surface area contributed by atoms with Gasteiger partial charge in [0.1, 0.15) is 0 Å². The third-order valence-electron chi connectivity index (χ3n) is 9.92. The Hall–Kier alpha value is -2.32. The topological polar surface area (TPSA) is 12.0 Å². The van der Waals surface area contributed by atoms with E-state index in [0.717, 1.165) is 0 Å². The molecule has 1 heterocycles. The first-order chi connectivity index (χ1) is 17.2. The highest BCUT2D eigenvalue weighted by Gasteiger charge is 2.38. The largest absolute Gasteiger partial charge is 0.355 e. The van der Waals surface area contributed by atoms with Crippen molar-refractivity contribution >= 4 is 42.9 Å². The molecule has 3 aromatic carbocycles. The molecule has 0 saturated carbocycles. The third-order valence-corrected chi connectivity index (χ3v) is 11.0. The number of benzene rings is 3. The van der Waals surface area contributed by atoms with Crippen LogP contribution >= 0.6 is 11.3 Å². The van der Waals surface area contributed by atoms with E-state index >= 15 is 0 Å². The average molecular weight is 510 g/mol. The summed E-state index contributed by atoms with van der Waals surface area (Å²) in [7, 11) is 0. The molecule has 1 nitrogen and oxygen atoms in total. The molecular weight excluding hydrogens is 466 g/mol. The van der Waals surface area contributed by atoms with Gasteiger partial charge in [-0.05, 0) is 112 Å². The first kappa shape index (κ1) is 25.0. The molecule has 0 radical (unpaired) electrons. The number of aryl methyl sites for hydroxylation is 1. The molecule has 0 fully saturated rings. The van der Waals surface area contributed by atoms with Crippen LogP contribution < -0.4 is 5.32 Å². The highest BCUT2D eigenvalue weighted by atomic mass is 32.1. The second-order valence-corrected chi connectivity index (χ2v) is 15.7. The van der Waals surface area contributed by atoms with Gasteiger partial charge in [-0.15, -0.1) is 11.3 Å². The van der Waals surface area contributed by atoms with Crippen LogP contribution in [0.4, 0.5) is 11.4 Å². The number of rotatable bonds is 2. The van der Waals surface area contributed by atoms with Crippen molar-refractivity contribution in [2.24, 2.45) is 0 Å². The van der Waals surface area contributed by atoms with Crippen LogP contribution in [0.1, 0.15) is 109 Å². The summed E-state index contributed by atoms with van der Waals surface area (Å²) in [6, 6.07) is 16.9. The summed E-state index contributed by atoms with van der Waals surface area (Å²) in [5.74, 6) is 0. The van der Waals surface area contributed by atoms with Gasteiger partial charge in [-0.25, -0.2) is 0 Å². The number of nitrogens with one attached hydrogen (secondary N) is 1. The van der Waals surface area contributed by atoms with Gasteiger partial charge in [0.05, 0.1) is 0 Å². The van der Waals surface area contributed by atoms with Gasteiger partial charge in [-0.3, -0.25) is 0 Å². The molecule has 0 spiro atoms. The molecule has 194 valence electrons. The Labute approximate surface area is 227 Å². The molecule has 0 atom stereocenters. The first-order valence-electron chi connectivity index (χ1n) is 14.1. The van der Waals surface area contributed by atoms with E-state index in [2.05, 4.69) is 110 Å². The lowest BCUT2D eigenvalue weighted by Crippen LogP contribution is -2.34. The van der Waals surface area contributed by atoms with E-state index in [4.69, 9.17) is 0 Å². The van der Waals surface area contributed by atoms with Crippen LogP contribution in [-0.2, 0) is 21.7 Å². The molecule has 6 rings (SSSR count). The summed E-state index contributed by atoms with van der Waals surface area (Å²) >= 11 is 1.95. The number of fused-ring (bicyclic) bond motifs is 5. The summed E-state index contributed by atoms with van der Waals surface area (Å²) in [6.07, 6.45) is 4.99. The zero-order valence-corrected chi connectivity index (χ0v) is 25.1. The van der Waals surface area contributed by atoms with Gasteiger partial charge in [0.25, 0.3) is 0 Å². The molecule has 0 aliphatic heterocycles. The van der Waals surface area contributed by atoms with Gasteiger partial charge >= 0.3 is 0 Å². The molecule has 0 saturated heterocycles. The van der Waals surface area contributed by atoms with Gasteiger partial charge in [0.15, 0.2) is 0 Å². The summed E-state index contributed by atoms with van der Waals surface area (Å²) in [5.41, 5.74) is 10.8. The maximum Gasteiger partial charge on any atom is 0.0417 e. The second kappa shape index (κ2) is 7.85. The van der Waals surface area contributed by atoms with Crippen molar-refractivity contribution in [1.82, 2.24) is 0 Å². The van der Waals surface area contributed by atoms with Crippen molar-refractivity contribution in [3.63, 3.8) is 0 Å². The number of hydrogen-bond donors (Lipinski definition) is 1. The monoisotopic (exact) mass is 509 g/mol. The minimum Gasteiger partial charge on any atom is -0.355 e. The summed E-state index contributed by atoms with van der Waals surface area (Å²) in [5, 5.41) is 6.62. The number of thiophene rings is 1. The molecule has 1 N–H and O–H groups in total. The predicted molar refractivity (Wildman–Crippen MR) is 164 cm³/mol. The highest BCUT2D eigenvalue weighted by Crippen LogP contribution is 2.50. The summed E-state index contributed by atoms with van der Waals surface area (Å²) in [4.78, 5) is 0. The molecule has 37 heavy (non-hydrogen) atoms. The molecule has 4 aromatic rings. The van der Waals surface area contributed by atoms with Crippen molar-refractivity contribution in [2.75, 3.05) is 5.32 Å². The highest BCUT2D eigenvalue weighted by molar-refractivity contribution is 7.25. The lowest BCUT2D eigenvalue weighted by Gasteiger charge is -2.42. The number of anilines is 2. The SMILES string of the molecule is Cc1cc2c(cc1Nc1ccc3c(c1)sc1cc4c(cc13)C(C)(C)CCC4(C)C)C(C)(C)CCC2(C)C. The molecule has 1 aromatic heterocycles. The normalized spacial score (nSPS) is 21.0. The van der Waals surface area contributed by atoms with E-state index in [-0.39, 0.29) is 21.7 Å². The van der Waals surface area contributed by atoms with Crippen LogP contribution in [0.5, 0.6) is 0 Å². The molecule has 2 aliphatic rings. The van der Waals surface area contributed by atoms with Crippen LogP contribution in [0.2, 0.25) is 0 Å². The summed E-state index contributed by atoms with van der Waals surface area (Å²) < 4.78 is 2.79. The van der Waals surface area contributed by atoms with Gasteiger partial charge in [-0.1, -0.05) is 67.5 Å². The standard InChI is InChI=1S/C35H43NS/c1-21-16-25-27(34(6,7)14-12-32(25,2)3)19-29(21)36-22-10-11-23-24-18-26-28(20-31(24)37-30(23)17-22)35(8,9)15-13-33(26,4)5/h10-11,16-20,36H,12-15H2,1-9H3. The first-order valence-corrected chi connectivity index (χ1v) is 14.9. The molecular formula is C35H43NS. The van der Waals surface area contributed by atoms with Gasteiger partial charge in [0, 0.05) is 31.5 Å². The zero-order valence-electron chi connectivity index (χ0n) is 24.3. The number of hydrogen-bond acceptors (Lipinski definition) is 2. The minimum absolute atomic E-state index is 0.213. The Balaban J connectivity index is 1.43. The van der Waals surface area contributed by atoms with E-state index in [0.29, 0.717) is 0 Å². The lowest BCUT2D eigenvalue weighted by atomic mass is 9.63. The van der Waals surface area contributed by atoms with Crippen molar-refractivity contribution in [3.05, 3.63) is 70.3 Å². The van der Waals surface area contributed by atoms with Crippen LogP contribution in [0.25, 0.3) is 20.2 Å². The van der Waals surface area contributed by atoms with E-state index in [9.17, 15) is 0 Å². The van der Waals surface area contributed by atoms with Crippen LogP contribution in [-0.4, -0.2) is 0 Å². The van der Waals surface area contributed by atoms with Gasteiger partial charge in [0.2, 0.25) is 0 Å². The Morgan fingerprint density at radius 3 is 1.65 bits per heavy atom. The van der Waals surface area contributed by atoms with E-state index in [1.807, 2.05) is 11.3 Å². The fraction of sp³-hybridized carbons (Fsp3) is 0.486. The average Bonchev–Trinajstić information content (AvgIpc) is 3.17. The predicted octanol–water partition coefficient (Wildman–Crippen LogP) is 10.8. The quantitative estimate of drug-likeness (QED) is 0.283. The fourth-order valence-corrected chi connectivity index (χ4v) is 8.09. The second-order valence-electron chi connectivity index (χ2n) is 14.6. The van der Waals surface area contributed by atoms with Gasteiger partial charge < -0.3 is 5.32 Å². The van der Waals surface area contributed by atoms with Crippen molar-refractivity contribution in [3.8, 4) is 0 Å². The zero-order chi connectivity index (χ0) is 26.5. The molecule has 0 bridgehead atoms. The van der Waals surface area contributed by atoms with Crippen LogP contribution in [0.15, 0.2) is 42.5 Å². The Bertz CT molecular complexity index is 1560. The maximum atomic E-state index is 3.81. The van der Waals surface area contributed by atoms with Gasteiger partial charge in [-0.2, -0.15) is 0 Å². The smallest absolute Gasteiger partial charge is 0.0417 e. The molecule has 2 aliphatic carbocycles. The van der Waals surface area contributed by atoms with Crippen molar-refractivity contribution in [2.45, 2.75) is 110 Å². The van der Waals surface area contributed by atoms with E-state index < -0.39 is 0 Å². The van der Waals surface area contributed by atoms with E-state index in [1.165, 1.54) is 73.9 Å². The lowest BCUT2D eigenvalue weighted by molar-refractivity contribution is 0.332. The van der Waals surface area contributed by atoms with Crippen LogP contribution in [0, 0.1) is 6.92 Å². The Morgan fingerprint density at radius 2 is 1.05 bits per heavy atom. The maximum absolute atomic E-state index is 3.81. The minimum atomic E-state index is 0.213. The Kier molecular flexibility index (Phi) is 5.30. The summed E-state index contributed by atoms with van der Waals surface area (Å²) in [6.45, 7) is 21.6. The van der Waals surface area contributed by atoms with Crippen LogP contribution in [0.3, 0.4) is 0 Å².